The van der Waals surface area contributed by atoms with Gasteiger partial charge in [-0.25, -0.2) is 0 Å². The number of phenols is 1. The quantitative estimate of drug-likeness (QED) is 0.814. The van der Waals surface area contributed by atoms with Crippen LogP contribution in [0.2, 0.25) is 0 Å². The summed E-state index contributed by atoms with van der Waals surface area (Å²) >= 11 is 3.42. The molecule has 14 heavy (non-hydrogen) atoms. The molecule has 2 rings (SSSR count). The van der Waals surface area contributed by atoms with Crippen molar-refractivity contribution in [3.05, 3.63) is 53.0 Å². The SMILES string of the molecule is Oc1ccc(-c2ccccc2)c(Br)c1. The molecule has 70 valence electrons. The lowest BCUT2D eigenvalue weighted by Gasteiger charge is -2.04. The summed E-state index contributed by atoms with van der Waals surface area (Å²) in [5.41, 5.74) is 2.22. The Balaban J connectivity index is 2.53. The van der Waals surface area contributed by atoms with Gasteiger partial charge in [0, 0.05) is 4.47 Å². The second kappa shape index (κ2) is 3.84. The zero-order chi connectivity index (χ0) is 9.97. The predicted octanol–water partition coefficient (Wildman–Crippen LogP) is 3.82. The highest BCUT2D eigenvalue weighted by atomic mass is 79.9. The van der Waals surface area contributed by atoms with Crippen LogP contribution in [0.4, 0.5) is 0 Å². The Morgan fingerprint density at radius 1 is 0.929 bits per heavy atom. The average molecular weight is 249 g/mol. The molecule has 0 radical (unpaired) electrons. The highest BCUT2D eigenvalue weighted by Crippen LogP contribution is 2.30. The number of phenolic OH excluding ortho intramolecular Hbond substituents is 1. The summed E-state index contributed by atoms with van der Waals surface area (Å²) in [6, 6.07) is 15.3. The topological polar surface area (TPSA) is 20.2 Å². The van der Waals surface area contributed by atoms with Crippen LogP contribution < -0.4 is 0 Å². The third-order valence-corrected chi connectivity index (χ3v) is 2.69. The Morgan fingerprint density at radius 2 is 1.64 bits per heavy atom. The van der Waals surface area contributed by atoms with Crippen LogP contribution in [0.3, 0.4) is 0 Å². The Bertz CT molecular complexity index is 437. The number of halogens is 1. The fraction of sp³-hybridized carbons (Fsp3) is 0. The summed E-state index contributed by atoms with van der Waals surface area (Å²) < 4.78 is 0.906. The van der Waals surface area contributed by atoms with Gasteiger partial charge in [0.1, 0.15) is 5.75 Å². The van der Waals surface area contributed by atoms with Gasteiger partial charge in [0.25, 0.3) is 0 Å². The van der Waals surface area contributed by atoms with E-state index in [1.165, 1.54) is 0 Å². The van der Waals surface area contributed by atoms with E-state index in [2.05, 4.69) is 15.9 Å². The standard InChI is InChI=1S/C12H9BrO/c13-12-8-10(14)6-7-11(12)9-4-2-1-3-5-9/h1-8,14H. The van der Waals surface area contributed by atoms with E-state index in [0.29, 0.717) is 0 Å². The molecule has 0 heterocycles. The lowest BCUT2D eigenvalue weighted by Crippen LogP contribution is -1.78. The van der Waals surface area contributed by atoms with E-state index < -0.39 is 0 Å². The third kappa shape index (κ3) is 1.80. The van der Waals surface area contributed by atoms with Crippen molar-refractivity contribution in [2.24, 2.45) is 0 Å². The van der Waals surface area contributed by atoms with Gasteiger partial charge in [-0.3, -0.25) is 0 Å². The molecule has 2 heteroatoms. The first-order valence-electron chi connectivity index (χ1n) is 4.31. The van der Waals surface area contributed by atoms with E-state index in [1.54, 1.807) is 12.1 Å². The normalized spacial score (nSPS) is 10.1. The van der Waals surface area contributed by atoms with Crippen LogP contribution in [0.15, 0.2) is 53.0 Å². The van der Waals surface area contributed by atoms with Crippen LogP contribution in [-0.2, 0) is 0 Å². The molecule has 1 N–H and O–H groups in total. The molecular formula is C12H9BrO. The molecular weight excluding hydrogens is 240 g/mol. The van der Waals surface area contributed by atoms with Gasteiger partial charge in [0.2, 0.25) is 0 Å². The van der Waals surface area contributed by atoms with Gasteiger partial charge < -0.3 is 5.11 Å². The number of hydrogen-bond donors (Lipinski definition) is 1. The predicted molar refractivity (Wildman–Crippen MR) is 61.2 cm³/mol. The minimum Gasteiger partial charge on any atom is -0.508 e. The monoisotopic (exact) mass is 248 g/mol. The maximum absolute atomic E-state index is 9.25. The molecule has 0 atom stereocenters. The number of benzene rings is 2. The van der Waals surface area contributed by atoms with E-state index in [-0.39, 0.29) is 5.75 Å². The van der Waals surface area contributed by atoms with Crippen molar-refractivity contribution < 1.29 is 5.11 Å². The fourth-order valence-corrected chi connectivity index (χ4v) is 1.95. The van der Waals surface area contributed by atoms with Gasteiger partial charge in [-0.05, 0) is 29.3 Å². The van der Waals surface area contributed by atoms with Gasteiger partial charge >= 0.3 is 0 Å². The van der Waals surface area contributed by atoms with Crippen LogP contribution in [-0.4, -0.2) is 5.11 Å². The van der Waals surface area contributed by atoms with E-state index >= 15 is 0 Å². The maximum atomic E-state index is 9.25. The van der Waals surface area contributed by atoms with Crippen molar-refractivity contribution in [3.8, 4) is 16.9 Å². The molecule has 0 aliphatic carbocycles. The Labute approximate surface area is 91.2 Å². The smallest absolute Gasteiger partial charge is 0.116 e. The molecule has 0 amide bonds. The van der Waals surface area contributed by atoms with Crippen molar-refractivity contribution in [2.75, 3.05) is 0 Å². The molecule has 0 fully saturated rings. The minimum absolute atomic E-state index is 0.275. The van der Waals surface area contributed by atoms with Crippen LogP contribution in [0.1, 0.15) is 0 Å². The highest BCUT2D eigenvalue weighted by Gasteiger charge is 2.02. The zero-order valence-corrected chi connectivity index (χ0v) is 9.03. The first-order valence-corrected chi connectivity index (χ1v) is 5.10. The highest BCUT2D eigenvalue weighted by molar-refractivity contribution is 9.10. The van der Waals surface area contributed by atoms with Crippen LogP contribution in [0.25, 0.3) is 11.1 Å². The van der Waals surface area contributed by atoms with Crippen LogP contribution in [0.5, 0.6) is 5.75 Å². The molecule has 0 aromatic heterocycles. The summed E-state index contributed by atoms with van der Waals surface area (Å²) in [6.07, 6.45) is 0. The van der Waals surface area contributed by atoms with E-state index in [9.17, 15) is 5.11 Å². The van der Waals surface area contributed by atoms with Gasteiger partial charge in [0.05, 0.1) is 0 Å². The Hall–Kier alpha value is -1.28. The van der Waals surface area contributed by atoms with Gasteiger partial charge in [0.15, 0.2) is 0 Å². The molecule has 0 saturated carbocycles. The third-order valence-electron chi connectivity index (χ3n) is 2.04. The van der Waals surface area contributed by atoms with Crippen molar-refractivity contribution in [2.45, 2.75) is 0 Å². The molecule has 0 bridgehead atoms. The van der Waals surface area contributed by atoms with Crippen molar-refractivity contribution >= 4 is 15.9 Å². The molecule has 1 nitrogen and oxygen atoms in total. The van der Waals surface area contributed by atoms with E-state index in [0.717, 1.165) is 15.6 Å². The molecule has 0 unspecified atom stereocenters. The summed E-state index contributed by atoms with van der Waals surface area (Å²) in [5.74, 6) is 0.275. The summed E-state index contributed by atoms with van der Waals surface area (Å²) in [7, 11) is 0. The van der Waals surface area contributed by atoms with Crippen molar-refractivity contribution in [1.29, 1.82) is 0 Å². The van der Waals surface area contributed by atoms with Gasteiger partial charge in [-0.1, -0.05) is 46.3 Å². The van der Waals surface area contributed by atoms with Crippen molar-refractivity contribution in [1.82, 2.24) is 0 Å². The zero-order valence-electron chi connectivity index (χ0n) is 7.44. The first-order chi connectivity index (χ1) is 6.77. The van der Waals surface area contributed by atoms with E-state index in [4.69, 9.17) is 0 Å². The van der Waals surface area contributed by atoms with Crippen molar-refractivity contribution in [3.63, 3.8) is 0 Å². The molecule has 0 spiro atoms. The minimum atomic E-state index is 0.275. The summed E-state index contributed by atoms with van der Waals surface area (Å²) in [6.45, 7) is 0. The van der Waals surface area contributed by atoms with Gasteiger partial charge in [-0.2, -0.15) is 0 Å². The molecule has 2 aromatic rings. The molecule has 0 aliphatic rings. The molecule has 2 aromatic carbocycles. The van der Waals surface area contributed by atoms with E-state index in [1.807, 2.05) is 36.4 Å². The number of aromatic hydroxyl groups is 1. The second-order valence-corrected chi connectivity index (χ2v) is 3.88. The Morgan fingerprint density at radius 3 is 2.29 bits per heavy atom. The number of rotatable bonds is 1. The average Bonchev–Trinajstić information content (AvgIpc) is 2.19. The largest absolute Gasteiger partial charge is 0.508 e. The lowest BCUT2D eigenvalue weighted by molar-refractivity contribution is 0.475. The molecule has 0 aliphatic heterocycles. The maximum Gasteiger partial charge on any atom is 0.116 e. The second-order valence-electron chi connectivity index (χ2n) is 3.03. The molecule has 0 saturated heterocycles. The Kier molecular flexibility index (Phi) is 2.55. The van der Waals surface area contributed by atoms with Gasteiger partial charge in [-0.15, -0.1) is 0 Å². The number of hydrogen-bond acceptors (Lipinski definition) is 1. The fourth-order valence-electron chi connectivity index (χ4n) is 1.36. The van der Waals surface area contributed by atoms with Crippen LogP contribution in [0, 0.1) is 0 Å². The first kappa shape index (κ1) is 9.28. The summed E-state index contributed by atoms with van der Waals surface area (Å²) in [4.78, 5) is 0. The van der Waals surface area contributed by atoms with Crippen LogP contribution >= 0.6 is 15.9 Å². The lowest BCUT2D eigenvalue weighted by atomic mass is 10.1. The summed E-state index contributed by atoms with van der Waals surface area (Å²) in [5, 5.41) is 9.25.